The van der Waals surface area contributed by atoms with Gasteiger partial charge >= 0.3 is 0 Å². The van der Waals surface area contributed by atoms with Crippen molar-refractivity contribution in [2.24, 2.45) is 0 Å². The van der Waals surface area contributed by atoms with Gasteiger partial charge in [-0.2, -0.15) is 0 Å². The number of hydrogen-bond donors (Lipinski definition) is 2. The molecule has 2 N–H and O–H groups in total. The van der Waals surface area contributed by atoms with Crippen LogP contribution in [0.3, 0.4) is 0 Å². The molecular weight excluding hydrogens is 483 g/mol. The van der Waals surface area contributed by atoms with E-state index in [1.54, 1.807) is 6.07 Å². The largest absolute Gasteiger partial charge is 0.455 e. The Kier molecular flexibility index (Phi) is 7.44. The van der Waals surface area contributed by atoms with Crippen LogP contribution >= 0.6 is 23.8 Å². The lowest BCUT2D eigenvalue weighted by molar-refractivity contribution is 0.0974. The quantitative estimate of drug-likeness (QED) is 0.274. The van der Waals surface area contributed by atoms with E-state index in [2.05, 4.69) is 10.6 Å². The lowest BCUT2D eigenvalue weighted by atomic mass is 10.0. The zero-order valence-electron chi connectivity index (χ0n) is 19.1. The maximum Gasteiger partial charge on any atom is 0.260 e. The average Bonchev–Trinajstić information content (AvgIpc) is 2.86. The Hall–Kier alpha value is -3.74. The first kappa shape index (κ1) is 24.4. The third-order valence-electron chi connectivity index (χ3n) is 5.43. The fourth-order valence-electron chi connectivity index (χ4n) is 3.60. The number of ether oxygens (including phenoxy) is 1. The van der Waals surface area contributed by atoms with Crippen LogP contribution in [0, 0.1) is 19.7 Å². The Balaban J connectivity index is 1.56. The van der Waals surface area contributed by atoms with E-state index in [0.717, 1.165) is 16.7 Å². The minimum Gasteiger partial charge on any atom is -0.455 e. The number of rotatable bonds is 5. The zero-order valence-corrected chi connectivity index (χ0v) is 20.6. The summed E-state index contributed by atoms with van der Waals surface area (Å²) in [5.74, 6) is -0.0606. The van der Waals surface area contributed by atoms with Crippen LogP contribution in [0.2, 0.25) is 5.02 Å². The molecular formula is C28H22ClFN2O2S. The van der Waals surface area contributed by atoms with Gasteiger partial charge in [0.05, 0.1) is 10.6 Å². The highest BCUT2D eigenvalue weighted by Crippen LogP contribution is 2.41. The molecule has 0 fully saturated rings. The highest BCUT2D eigenvalue weighted by molar-refractivity contribution is 7.80. The summed E-state index contributed by atoms with van der Waals surface area (Å²) in [4.78, 5) is 12.4. The third kappa shape index (κ3) is 5.50. The van der Waals surface area contributed by atoms with Crippen LogP contribution in [-0.2, 0) is 0 Å². The maximum atomic E-state index is 13.9. The van der Waals surface area contributed by atoms with Crippen LogP contribution in [0.1, 0.15) is 21.5 Å². The number of carbonyl (C=O) groups excluding carboxylic acids is 1. The van der Waals surface area contributed by atoms with E-state index in [-0.39, 0.29) is 10.7 Å². The van der Waals surface area contributed by atoms with E-state index in [0.29, 0.717) is 27.8 Å². The first-order valence-corrected chi connectivity index (χ1v) is 11.6. The second-order valence-corrected chi connectivity index (χ2v) is 8.65. The highest BCUT2D eigenvalue weighted by atomic mass is 35.5. The van der Waals surface area contributed by atoms with Gasteiger partial charge in [0.1, 0.15) is 17.3 Å². The van der Waals surface area contributed by atoms with E-state index in [9.17, 15) is 9.18 Å². The van der Waals surface area contributed by atoms with Crippen molar-refractivity contribution < 1.29 is 13.9 Å². The predicted octanol–water partition coefficient (Wildman–Crippen LogP) is 7.68. The third-order valence-corrected chi connectivity index (χ3v) is 6.09. The number of thiocarbonyl (C=S) groups is 1. The van der Waals surface area contributed by atoms with Gasteiger partial charge in [-0.15, -0.1) is 0 Å². The Morgan fingerprint density at radius 1 is 0.943 bits per heavy atom. The SMILES string of the molecule is Cc1cc(NC(=S)NC(=O)c2ccccc2F)c(C)c(Cl)c1Oc1ccccc1-c1ccccc1. The molecule has 7 heteroatoms. The molecule has 0 atom stereocenters. The molecule has 4 rings (SSSR count). The monoisotopic (exact) mass is 504 g/mol. The molecule has 4 aromatic carbocycles. The standard InChI is InChI=1S/C28H22ClFN2O2S/c1-17-16-23(31-28(35)32-27(33)21-13-6-8-14-22(21)30)18(2)25(29)26(17)34-24-15-9-7-12-20(24)19-10-4-3-5-11-19/h3-16H,1-2H3,(H2,31,32,33,35). The van der Waals surface area contributed by atoms with Crippen LogP contribution in [0.25, 0.3) is 11.1 Å². The van der Waals surface area contributed by atoms with Gasteiger partial charge in [0, 0.05) is 11.3 Å². The summed E-state index contributed by atoms with van der Waals surface area (Å²) in [7, 11) is 0. The second kappa shape index (κ2) is 10.7. The Bertz CT molecular complexity index is 1410. The summed E-state index contributed by atoms with van der Waals surface area (Å²) < 4.78 is 20.2. The Morgan fingerprint density at radius 3 is 2.34 bits per heavy atom. The van der Waals surface area contributed by atoms with Crippen molar-refractivity contribution in [3.63, 3.8) is 0 Å². The molecule has 0 saturated heterocycles. The van der Waals surface area contributed by atoms with Gasteiger partial charge in [-0.05, 0) is 67.0 Å². The van der Waals surface area contributed by atoms with Crippen LogP contribution in [0.5, 0.6) is 11.5 Å². The summed E-state index contributed by atoms with van der Waals surface area (Å²) >= 11 is 12.0. The number of carbonyl (C=O) groups is 1. The fourth-order valence-corrected chi connectivity index (χ4v) is 4.09. The number of halogens is 2. The Labute approximate surface area is 213 Å². The first-order chi connectivity index (χ1) is 16.8. The number of hydrogen-bond acceptors (Lipinski definition) is 3. The van der Waals surface area contributed by atoms with Gasteiger partial charge in [0.15, 0.2) is 5.11 Å². The topological polar surface area (TPSA) is 50.4 Å². The summed E-state index contributed by atoms with van der Waals surface area (Å²) in [6, 6.07) is 25.2. The fraction of sp³-hybridized carbons (Fsp3) is 0.0714. The van der Waals surface area contributed by atoms with Gasteiger partial charge < -0.3 is 10.1 Å². The number of amides is 1. The molecule has 0 unspecified atom stereocenters. The molecule has 0 saturated carbocycles. The summed E-state index contributed by atoms with van der Waals surface area (Å²) in [5, 5.41) is 5.92. The number of benzene rings is 4. The molecule has 1 amide bonds. The molecule has 35 heavy (non-hydrogen) atoms. The first-order valence-electron chi connectivity index (χ1n) is 10.8. The van der Waals surface area contributed by atoms with E-state index < -0.39 is 11.7 Å². The number of anilines is 1. The van der Waals surface area contributed by atoms with Crippen molar-refractivity contribution in [1.29, 1.82) is 0 Å². The smallest absolute Gasteiger partial charge is 0.260 e. The van der Waals surface area contributed by atoms with Crippen molar-refractivity contribution in [2.45, 2.75) is 13.8 Å². The minimum atomic E-state index is -0.640. The van der Waals surface area contributed by atoms with Crippen molar-refractivity contribution in [3.8, 4) is 22.6 Å². The van der Waals surface area contributed by atoms with E-state index in [4.69, 9.17) is 28.6 Å². The molecule has 0 bridgehead atoms. The summed E-state index contributed by atoms with van der Waals surface area (Å²) in [6.07, 6.45) is 0. The molecule has 0 spiro atoms. The summed E-state index contributed by atoms with van der Waals surface area (Å²) in [5.41, 5.74) is 3.95. The maximum absolute atomic E-state index is 13.9. The zero-order chi connectivity index (χ0) is 24.9. The van der Waals surface area contributed by atoms with Gasteiger partial charge in [-0.3, -0.25) is 10.1 Å². The van der Waals surface area contributed by atoms with Gasteiger partial charge in [0.2, 0.25) is 0 Å². The van der Waals surface area contributed by atoms with Crippen molar-refractivity contribution >= 4 is 40.5 Å². The number of aryl methyl sites for hydroxylation is 1. The second-order valence-electron chi connectivity index (χ2n) is 7.86. The lowest BCUT2D eigenvalue weighted by Gasteiger charge is -2.19. The molecule has 4 aromatic rings. The van der Waals surface area contributed by atoms with Gasteiger partial charge in [-0.25, -0.2) is 4.39 Å². The van der Waals surface area contributed by atoms with Crippen molar-refractivity contribution in [3.05, 3.63) is 112 Å². The predicted molar refractivity (Wildman–Crippen MR) is 143 cm³/mol. The Morgan fingerprint density at radius 2 is 1.60 bits per heavy atom. The van der Waals surface area contributed by atoms with E-state index in [1.165, 1.54) is 18.2 Å². The van der Waals surface area contributed by atoms with Gasteiger partial charge in [0.25, 0.3) is 5.91 Å². The van der Waals surface area contributed by atoms with Crippen LogP contribution in [0.15, 0.2) is 84.9 Å². The normalized spacial score (nSPS) is 10.5. The molecule has 0 aliphatic carbocycles. The van der Waals surface area contributed by atoms with Crippen molar-refractivity contribution in [1.82, 2.24) is 5.32 Å². The van der Waals surface area contributed by atoms with Crippen LogP contribution < -0.4 is 15.4 Å². The molecule has 0 heterocycles. The highest BCUT2D eigenvalue weighted by Gasteiger charge is 2.18. The molecule has 4 nitrogen and oxygen atoms in total. The molecule has 0 radical (unpaired) electrons. The van der Waals surface area contributed by atoms with Crippen molar-refractivity contribution in [2.75, 3.05) is 5.32 Å². The van der Waals surface area contributed by atoms with E-state index in [1.807, 2.05) is 74.5 Å². The summed E-state index contributed by atoms with van der Waals surface area (Å²) in [6.45, 7) is 3.69. The molecule has 0 aromatic heterocycles. The molecule has 176 valence electrons. The average molecular weight is 505 g/mol. The number of nitrogens with one attached hydrogen (secondary N) is 2. The number of para-hydroxylation sites is 1. The van der Waals surface area contributed by atoms with Gasteiger partial charge in [-0.1, -0.05) is 72.3 Å². The van der Waals surface area contributed by atoms with Crippen LogP contribution in [0.4, 0.5) is 10.1 Å². The van der Waals surface area contributed by atoms with E-state index >= 15 is 0 Å². The molecule has 0 aliphatic heterocycles. The lowest BCUT2D eigenvalue weighted by Crippen LogP contribution is -2.34. The molecule has 0 aliphatic rings. The van der Waals surface area contributed by atoms with Crippen LogP contribution in [-0.4, -0.2) is 11.0 Å². The minimum absolute atomic E-state index is 0.0277.